The van der Waals surface area contributed by atoms with Crippen LogP contribution in [0.4, 0.5) is 5.69 Å². The maximum absolute atomic E-state index is 12.9. The molecular formula is C30H31NO5. The van der Waals surface area contributed by atoms with Gasteiger partial charge in [0.25, 0.3) is 0 Å². The van der Waals surface area contributed by atoms with Gasteiger partial charge in [-0.2, -0.15) is 0 Å². The molecule has 0 aliphatic heterocycles. The Morgan fingerprint density at radius 2 is 1.75 bits per heavy atom. The predicted molar refractivity (Wildman–Crippen MR) is 144 cm³/mol. The monoisotopic (exact) mass is 485 g/mol. The summed E-state index contributed by atoms with van der Waals surface area (Å²) >= 11 is 0. The number of hydrogen-bond donors (Lipinski definition) is 1. The Balaban J connectivity index is 1.78. The van der Waals surface area contributed by atoms with Crippen molar-refractivity contribution in [1.29, 1.82) is 0 Å². The molecule has 1 aromatic heterocycles. The third-order valence-corrected chi connectivity index (χ3v) is 6.37. The molecule has 1 heterocycles. The number of methoxy groups -OCH3 is 3. The summed E-state index contributed by atoms with van der Waals surface area (Å²) in [6.45, 7) is 5.93. The first-order valence-electron chi connectivity index (χ1n) is 11.8. The first kappa shape index (κ1) is 24.9. The van der Waals surface area contributed by atoms with Gasteiger partial charge >= 0.3 is 0 Å². The van der Waals surface area contributed by atoms with Crippen LogP contribution in [0.5, 0.6) is 17.2 Å². The van der Waals surface area contributed by atoms with Crippen LogP contribution < -0.4 is 19.5 Å². The van der Waals surface area contributed by atoms with Crippen molar-refractivity contribution in [3.63, 3.8) is 0 Å². The zero-order valence-corrected chi connectivity index (χ0v) is 21.5. The van der Waals surface area contributed by atoms with Gasteiger partial charge in [0.2, 0.25) is 5.91 Å². The fourth-order valence-electron chi connectivity index (χ4n) is 4.49. The van der Waals surface area contributed by atoms with Crippen molar-refractivity contribution in [2.75, 3.05) is 26.6 Å². The summed E-state index contributed by atoms with van der Waals surface area (Å²) in [6.07, 6.45) is 4.17. The van der Waals surface area contributed by atoms with Crippen molar-refractivity contribution in [2.45, 2.75) is 27.2 Å². The number of allylic oxidation sites excluding steroid dienone is 1. The molecule has 0 saturated heterocycles. The Labute approximate surface area is 211 Å². The number of aryl methyl sites for hydroxylation is 2. The zero-order valence-electron chi connectivity index (χ0n) is 21.5. The van der Waals surface area contributed by atoms with E-state index in [0.29, 0.717) is 17.2 Å². The molecule has 0 radical (unpaired) electrons. The standard InChI is InChI=1S/C30H31NO5/c1-7-20-10-8-9-11-25(20)31-28(32)14-18(2)22-16-23-24(17-36-30(23)19(3)29(22)35-6)21-12-13-26(33-4)27(15-21)34-5/h8-17H,7H2,1-6H3,(H,31,32)/b18-14+. The van der Waals surface area contributed by atoms with E-state index in [9.17, 15) is 4.79 Å². The first-order valence-corrected chi connectivity index (χ1v) is 11.8. The lowest BCUT2D eigenvalue weighted by molar-refractivity contribution is -0.111. The highest BCUT2D eigenvalue weighted by Crippen LogP contribution is 2.42. The van der Waals surface area contributed by atoms with Gasteiger partial charge in [-0.3, -0.25) is 4.79 Å². The van der Waals surface area contributed by atoms with Gasteiger partial charge in [-0.15, -0.1) is 0 Å². The second-order valence-electron chi connectivity index (χ2n) is 8.51. The van der Waals surface area contributed by atoms with Gasteiger partial charge in [0.05, 0.1) is 27.6 Å². The third-order valence-electron chi connectivity index (χ3n) is 6.37. The minimum absolute atomic E-state index is 0.194. The molecule has 4 rings (SSSR count). The number of anilines is 1. The molecule has 0 aliphatic carbocycles. The van der Waals surface area contributed by atoms with E-state index in [1.54, 1.807) is 33.7 Å². The molecule has 0 saturated carbocycles. The molecule has 0 aliphatic rings. The van der Waals surface area contributed by atoms with Crippen LogP contribution in [0, 0.1) is 6.92 Å². The molecule has 0 atom stereocenters. The lowest BCUT2D eigenvalue weighted by Gasteiger charge is -2.14. The van der Waals surface area contributed by atoms with E-state index in [2.05, 4.69) is 12.2 Å². The Morgan fingerprint density at radius 1 is 1.00 bits per heavy atom. The van der Waals surface area contributed by atoms with Crippen molar-refractivity contribution in [1.82, 2.24) is 0 Å². The van der Waals surface area contributed by atoms with Gasteiger partial charge in [-0.1, -0.05) is 31.2 Å². The summed E-state index contributed by atoms with van der Waals surface area (Å²) in [5, 5.41) is 3.92. The van der Waals surface area contributed by atoms with Gasteiger partial charge in [-0.25, -0.2) is 0 Å². The van der Waals surface area contributed by atoms with Gasteiger partial charge in [-0.05, 0) is 61.2 Å². The minimum atomic E-state index is -0.194. The van der Waals surface area contributed by atoms with Crippen molar-refractivity contribution >= 4 is 28.1 Å². The molecule has 4 aromatic rings. The van der Waals surface area contributed by atoms with E-state index in [1.165, 1.54) is 0 Å². The summed E-state index contributed by atoms with van der Waals surface area (Å²) in [5.41, 5.74) is 6.94. The minimum Gasteiger partial charge on any atom is -0.496 e. The van der Waals surface area contributed by atoms with Crippen LogP contribution in [0.2, 0.25) is 0 Å². The SMILES string of the molecule is CCc1ccccc1NC(=O)/C=C(\C)c1cc2c(-c3ccc(OC)c(OC)c3)coc2c(C)c1OC. The van der Waals surface area contributed by atoms with Crippen molar-refractivity contribution in [3.05, 3.63) is 77.6 Å². The Kier molecular flexibility index (Phi) is 7.34. The van der Waals surface area contributed by atoms with Crippen LogP contribution in [0.1, 0.15) is 30.5 Å². The number of fused-ring (bicyclic) bond motifs is 1. The molecular weight excluding hydrogens is 454 g/mol. The molecule has 6 heteroatoms. The maximum Gasteiger partial charge on any atom is 0.248 e. The number of carbonyl (C=O) groups is 1. The summed E-state index contributed by atoms with van der Waals surface area (Å²) < 4.78 is 22.6. The predicted octanol–water partition coefficient (Wildman–Crippen LogP) is 7.04. The average Bonchev–Trinajstić information content (AvgIpc) is 3.32. The van der Waals surface area contributed by atoms with Gasteiger partial charge < -0.3 is 23.9 Å². The quantitative estimate of drug-likeness (QED) is 0.271. The maximum atomic E-state index is 12.9. The van der Waals surface area contributed by atoms with Gasteiger partial charge in [0.1, 0.15) is 11.3 Å². The molecule has 1 N–H and O–H groups in total. The number of benzene rings is 3. The Morgan fingerprint density at radius 3 is 2.44 bits per heavy atom. The lowest BCUT2D eigenvalue weighted by atomic mass is 9.96. The van der Waals surface area contributed by atoms with Crippen molar-refractivity contribution in [2.24, 2.45) is 0 Å². The first-order chi connectivity index (χ1) is 17.4. The van der Waals surface area contributed by atoms with Crippen LogP contribution in [0.3, 0.4) is 0 Å². The number of nitrogens with one attached hydrogen (secondary N) is 1. The normalized spacial score (nSPS) is 11.4. The molecule has 0 fully saturated rings. The highest BCUT2D eigenvalue weighted by atomic mass is 16.5. The van der Waals surface area contributed by atoms with E-state index < -0.39 is 0 Å². The lowest BCUT2D eigenvalue weighted by Crippen LogP contribution is -2.10. The van der Waals surface area contributed by atoms with E-state index >= 15 is 0 Å². The fraction of sp³-hybridized carbons (Fsp3) is 0.233. The summed E-state index contributed by atoms with van der Waals surface area (Å²) in [7, 11) is 4.85. The van der Waals surface area contributed by atoms with Gasteiger partial charge in [0.15, 0.2) is 11.5 Å². The van der Waals surface area contributed by atoms with Gasteiger partial charge in [0, 0.05) is 33.8 Å². The number of amides is 1. The van der Waals surface area contributed by atoms with Crippen LogP contribution in [0.15, 0.2) is 65.3 Å². The second-order valence-corrected chi connectivity index (χ2v) is 8.51. The number of para-hydroxylation sites is 1. The highest BCUT2D eigenvalue weighted by Gasteiger charge is 2.19. The summed E-state index contributed by atoms with van der Waals surface area (Å²) in [5.74, 6) is 1.77. The molecule has 186 valence electrons. The largest absolute Gasteiger partial charge is 0.496 e. The summed E-state index contributed by atoms with van der Waals surface area (Å²) in [6, 6.07) is 15.6. The molecule has 1 amide bonds. The molecule has 0 spiro atoms. The molecule has 0 unspecified atom stereocenters. The topological polar surface area (TPSA) is 69.9 Å². The van der Waals surface area contributed by atoms with Crippen LogP contribution in [-0.4, -0.2) is 27.2 Å². The molecule has 0 bridgehead atoms. The van der Waals surface area contributed by atoms with Crippen molar-refractivity contribution < 1.29 is 23.4 Å². The molecule has 3 aromatic carbocycles. The van der Waals surface area contributed by atoms with E-state index in [-0.39, 0.29) is 5.91 Å². The number of furan rings is 1. The number of carbonyl (C=O) groups excluding carboxylic acids is 1. The fourth-order valence-corrected chi connectivity index (χ4v) is 4.49. The Hall–Kier alpha value is -4.19. The van der Waals surface area contributed by atoms with E-state index in [1.807, 2.05) is 62.4 Å². The van der Waals surface area contributed by atoms with Crippen LogP contribution in [0.25, 0.3) is 27.7 Å². The Bertz CT molecular complexity index is 1450. The average molecular weight is 486 g/mol. The van der Waals surface area contributed by atoms with E-state index in [0.717, 1.165) is 56.5 Å². The third kappa shape index (κ3) is 4.67. The summed E-state index contributed by atoms with van der Waals surface area (Å²) in [4.78, 5) is 12.9. The number of hydrogen-bond acceptors (Lipinski definition) is 5. The smallest absolute Gasteiger partial charge is 0.248 e. The van der Waals surface area contributed by atoms with Crippen LogP contribution in [-0.2, 0) is 11.2 Å². The number of rotatable bonds is 8. The zero-order chi connectivity index (χ0) is 25.8. The second kappa shape index (κ2) is 10.6. The van der Waals surface area contributed by atoms with Crippen LogP contribution >= 0.6 is 0 Å². The molecule has 6 nitrogen and oxygen atoms in total. The van der Waals surface area contributed by atoms with E-state index in [4.69, 9.17) is 18.6 Å². The van der Waals surface area contributed by atoms with Crippen molar-refractivity contribution in [3.8, 4) is 28.4 Å². The number of ether oxygens (including phenoxy) is 3. The highest BCUT2D eigenvalue weighted by molar-refractivity contribution is 6.06. The molecule has 36 heavy (non-hydrogen) atoms.